The molecule has 0 saturated heterocycles. The van der Waals surface area contributed by atoms with Gasteiger partial charge in [0.05, 0.1) is 12.2 Å². The van der Waals surface area contributed by atoms with Crippen molar-refractivity contribution >= 4 is 11.6 Å². The van der Waals surface area contributed by atoms with Crippen LogP contribution in [-0.4, -0.2) is 15.5 Å². The Balaban J connectivity index is 2.05. The topological polar surface area (TPSA) is 64.0 Å². The average molecular weight is 404 g/mol. The molecule has 0 aliphatic rings. The smallest absolute Gasteiger partial charge is 0.261 e. The molecule has 5 heteroatoms. The van der Waals surface area contributed by atoms with Crippen LogP contribution in [0.3, 0.4) is 0 Å². The first kappa shape index (κ1) is 21.5. The lowest BCUT2D eigenvalue weighted by Gasteiger charge is -2.20. The van der Waals surface area contributed by atoms with Gasteiger partial charge in [-0.2, -0.15) is 0 Å². The van der Waals surface area contributed by atoms with E-state index >= 15 is 0 Å². The van der Waals surface area contributed by atoms with Crippen LogP contribution in [0.4, 0.5) is 5.69 Å². The van der Waals surface area contributed by atoms with Gasteiger partial charge in [0, 0.05) is 29.3 Å². The molecule has 3 rings (SSSR count). The number of benzene rings is 1. The van der Waals surface area contributed by atoms with Crippen LogP contribution in [0, 0.1) is 13.8 Å². The van der Waals surface area contributed by atoms with Crippen molar-refractivity contribution in [1.82, 2.24) is 9.55 Å². The van der Waals surface area contributed by atoms with E-state index in [-0.39, 0.29) is 16.9 Å². The van der Waals surface area contributed by atoms with Crippen molar-refractivity contribution < 1.29 is 4.79 Å². The van der Waals surface area contributed by atoms with E-state index in [9.17, 15) is 9.59 Å². The summed E-state index contributed by atoms with van der Waals surface area (Å²) in [5.74, 6) is -0.351. The zero-order chi connectivity index (χ0) is 21.5. The minimum atomic E-state index is -0.351. The number of para-hydroxylation sites is 1. The largest absolute Gasteiger partial charge is 0.342 e. The number of anilines is 1. The SMILES string of the molecule is CCCCCc1c(C(=O)Nc2ccccc2C)c(=O)cc(C)n1Cc1ccccn1. The highest BCUT2D eigenvalue weighted by Crippen LogP contribution is 2.18. The first-order valence-corrected chi connectivity index (χ1v) is 10.5. The summed E-state index contributed by atoms with van der Waals surface area (Å²) in [7, 11) is 0. The molecular weight excluding hydrogens is 374 g/mol. The van der Waals surface area contributed by atoms with Gasteiger partial charge in [0.2, 0.25) is 0 Å². The molecular formula is C25H29N3O2. The van der Waals surface area contributed by atoms with E-state index in [0.717, 1.165) is 47.6 Å². The Bertz CT molecular complexity index is 1070. The zero-order valence-corrected chi connectivity index (χ0v) is 17.9. The van der Waals surface area contributed by atoms with Gasteiger partial charge in [-0.05, 0) is 50.5 Å². The first-order valence-electron chi connectivity index (χ1n) is 10.5. The van der Waals surface area contributed by atoms with Crippen molar-refractivity contribution in [2.75, 3.05) is 5.32 Å². The highest BCUT2D eigenvalue weighted by atomic mass is 16.2. The molecule has 0 fully saturated rings. The van der Waals surface area contributed by atoms with Crippen molar-refractivity contribution in [3.63, 3.8) is 0 Å². The van der Waals surface area contributed by atoms with Gasteiger partial charge in [-0.3, -0.25) is 14.6 Å². The number of rotatable bonds is 8. The lowest BCUT2D eigenvalue weighted by Crippen LogP contribution is -2.29. The Morgan fingerprint density at radius 1 is 1.07 bits per heavy atom. The van der Waals surface area contributed by atoms with Gasteiger partial charge in [-0.25, -0.2) is 0 Å². The second-order valence-electron chi connectivity index (χ2n) is 7.61. The van der Waals surface area contributed by atoms with Crippen molar-refractivity contribution in [3.8, 4) is 0 Å². The van der Waals surface area contributed by atoms with Gasteiger partial charge in [0.15, 0.2) is 5.43 Å². The highest BCUT2D eigenvalue weighted by Gasteiger charge is 2.21. The molecule has 0 aliphatic carbocycles. The van der Waals surface area contributed by atoms with Crippen molar-refractivity contribution in [1.29, 1.82) is 0 Å². The van der Waals surface area contributed by atoms with Crippen molar-refractivity contribution in [2.24, 2.45) is 0 Å². The molecule has 0 aliphatic heterocycles. The lowest BCUT2D eigenvalue weighted by atomic mass is 10.0. The number of aryl methyl sites for hydroxylation is 2. The van der Waals surface area contributed by atoms with Gasteiger partial charge < -0.3 is 9.88 Å². The summed E-state index contributed by atoms with van der Waals surface area (Å²) >= 11 is 0. The zero-order valence-electron chi connectivity index (χ0n) is 17.9. The number of carbonyl (C=O) groups is 1. The first-order chi connectivity index (χ1) is 14.5. The van der Waals surface area contributed by atoms with Crippen molar-refractivity contribution in [3.05, 3.63) is 93.2 Å². The van der Waals surface area contributed by atoms with E-state index < -0.39 is 0 Å². The third kappa shape index (κ3) is 5.03. The fourth-order valence-corrected chi connectivity index (χ4v) is 3.65. The Morgan fingerprint density at radius 3 is 2.53 bits per heavy atom. The van der Waals surface area contributed by atoms with E-state index in [2.05, 4.69) is 21.8 Å². The fourth-order valence-electron chi connectivity index (χ4n) is 3.65. The Labute approximate surface area is 177 Å². The van der Waals surface area contributed by atoms with Crippen LogP contribution >= 0.6 is 0 Å². The monoisotopic (exact) mass is 403 g/mol. The number of hydrogen-bond donors (Lipinski definition) is 1. The molecule has 30 heavy (non-hydrogen) atoms. The molecule has 3 aromatic rings. The van der Waals surface area contributed by atoms with E-state index in [1.165, 1.54) is 0 Å². The number of unbranched alkanes of at least 4 members (excludes halogenated alkanes) is 2. The minimum Gasteiger partial charge on any atom is -0.342 e. The Morgan fingerprint density at radius 2 is 1.83 bits per heavy atom. The van der Waals surface area contributed by atoms with Gasteiger partial charge in [0.1, 0.15) is 5.56 Å². The van der Waals surface area contributed by atoms with Crippen LogP contribution in [0.2, 0.25) is 0 Å². The molecule has 1 aromatic carbocycles. The molecule has 0 spiro atoms. The summed E-state index contributed by atoms with van der Waals surface area (Å²) in [6.07, 6.45) is 5.47. The number of nitrogens with zero attached hydrogens (tertiary/aromatic N) is 2. The average Bonchev–Trinajstić information content (AvgIpc) is 2.73. The number of aromatic nitrogens is 2. The van der Waals surface area contributed by atoms with Crippen molar-refractivity contribution in [2.45, 2.75) is 53.0 Å². The maximum absolute atomic E-state index is 13.2. The van der Waals surface area contributed by atoms with Crippen LogP contribution in [0.15, 0.2) is 59.5 Å². The summed E-state index contributed by atoms with van der Waals surface area (Å²) in [5, 5.41) is 2.94. The second kappa shape index (κ2) is 10.0. The molecule has 5 nitrogen and oxygen atoms in total. The van der Waals surface area contributed by atoms with E-state index in [0.29, 0.717) is 13.0 Å². The molecule has 0 saturated carbocycles. The molecule has 0 atom stereocenters. The minimum absolute atomic E-state index is 0.232. The summed E-state index contributed by atoms with van der Waals surface area (Å²) in [5.41, 5.74) is 4.19. The third-order valence-electron chi connectivity index (χ3n) is 5.31. The number of amides is 1. The number of hydrogen-bond acceptors (Lipinski definition) is 3. The highest BCUT2D eigenvalue weighted by molar-refractivity contribution is 6.05. The molecule has 1 N–H and O–H groups in total. The molecule has 156 valence electrons. The predicted molar refractivity (Wildman–Crippen MR) is 121 cm³/mol. The Hall–Kier alpha value is -3.21. The standard InChI is InChI=1S/C25H29N3O2/c1-4-5-6-14-22-24(25(30)27-21-13-8-7-11-18(21)2)23(29)16-19(3)28(22)17-20-12-9-10-15-26-20/h7-13,15-16H,4-6,14,17H2,1-3H3,(H,27,30). The number of pyridine rings is 2. The van der Waals surface area contributed by atoms with Gasteiger partial charge in [-0.15, -0.1) is 0 Å². The second-order valence-corrected chi connectivity index (χ2v) is 7.61. The van der Waals surface area contributed by atoms with Crippen LogP contribution in [-0.2, 0) is 13.0 Å². The normalized spacial score (nSPS) is 10.8. The number of carbonyl (C=O) groups excluding carboxylic acids is 1. The summed E-state index contributed by atoms with van der Waals surface area (Å²) in [4.78, 5) is 30.6. The van der Waals surface area contributed by atoms with Gasteiger partial charge in [0.25, 0.3) is 5.91 Å². The molecule has 2 aromatic heterocycles. The molecule has 0 unspecified atom stereocenters. The maximum Gasteiger partial charge on any atom is 0.261 e. The quantitative estimate of drug-likeness (QED) is 0.545. The molecule has 0 bridgehead atoms. The van der Waals surface area contributed by atoms with E-state index in [1.54, 1.807) is 12.3 Å². The molecule has 1 amide bonds. The molecule has 0 radical (unpaired) electrons. The van der Waals surface area contributed by atoms with Gasteiger partial charge in [-0.1, -0.05) is 44.0 Å². The Kier molecular flexibility index (Phi) is 7.17. The summed E-state index contributed by atoms with van der Waals surface area (Å²) in [6.45, 7) is 6.52. The van der Waals surface area contributed by atoms with E-state index in [4.69, 9.17) is 0 Å². The third-order valence-corrected chi connectivity index (χ3v) is 5.31. The van der Waals surface area contributed by atoms with Crippen LogP contribution in [0.5, 0.6) is 0 Å². The van der Waals surface area contributed by atoms with E-state index in [1.807, 2.05) is 56.3 Å². The van der Waals surface area contributed by atoms with Gasteiger partial charge >= 0.3 is 0 Å². The van der Waals surface area contributed by atoms with Crippen LogP contribution in [0.1, 0.15) is 59.2 Å². The lowest BCUT2D eigenvalue weighted by molar-refractivity contribution is 0.102. The summed E-state index contributed by atoms with van der Waals surface area (Å²) < 4.78 is 2.06. The summed E-state index contributed by atoms with van der Waals surface area (Å²) in [6, 6.07) is 14.9. The van der Waals surface area contributed by atoms with Crippen LogP contribution < -0.4 is 10.7 Å². The maximum atomic E-state index is 13.2. The number of nitrogens with one attached hydrogen (secondary N) is 1. The fraction of sp³-hybridized carbons (Fsp3) is 0.320. The van der Waals surface area contributed by atoms with Crippen LogP contribution in [0.25, 0.3) is 0 Å². The predicted octanol–water partition coefficient (Wildman–Crippen LogP) is 4.89. The molecule has 2 heterocycles.